The molecular formula is C17H19N5O. The number of hydrogen-bond acceptors (Lipinski definition) is 4. The van der Waals surface area contributed by atoms with E-state index in [9.17, 15) is 4.79 Å². The van der Waals surface area contributed by atoms with Gasteiger partial charge >= 0.3 is 0 Å². The van der Waals surface area contributed by atoms with E-state index in [1.165, 1.54) is 0 Å². The molecule has 1 atom stereocenters. The van der Waals surface area contributed by atoms with E-state index in [1.807, 2.05) is 23.4 Å². The van der Waals surface area contributed by atoms with Gasteiger partial charge in [0.15, 0.2) is 0 Å². The largest absolute Gasteiger partial charge is 0.336 e. The van der Waals surface area contributed by atoms with E-state index in [-0.39, 0.29) is 11.9 Å². The molecule has 1 amide bonds. The van der Waals surface area contributed by atoms with E-state index >= 15 is 0 Å². The van der Waals surface area contributed by atoms with E-state index in [4.69, 9.17) is 5.26 Å². The first-order chi connectivity index (χ1) is 11.1. The number of rotatable bonds is 2. The average Bonchev–Trinajstić information content (AvgIpc) is 2.92. The number of likely N-dealkylation sites (tertiary alicyclic amines) is 1. The third kappa shape index (κ3) is 3.09. The van der Waals surface area contributed by atoms with Gasteiger partial charge in [0.2, 0.25) is 0 Å². The highest BCUT2D eigenvalue weighted by molar-refractivity contribution is 5.94. The molecule has 1 aliphatic heterocycles. The van der Waals surface area contributed by atoms with Crippen LogP contribution in [0.2, 0.25) is 0 Å². The Hall–Kier alpha value is -2.68. The van der Waals surface area contributed by atoms with E-state index in [1.54, 1.807) is 24.3 Å². The summed E-state index contributed by atoms with van der Waals surface area (Å²) in [6.45, 7) is 5.18. The van der Waals surface area contributed by atoms with Gasteiger partial charge in [-0.1, -0.05) is 6.07 Å². The molecule has 0 N–H and O–H groups in total. The maximum absolute atomic E-state index is 12.7. The van der Waals surface area contributed by atoms with Crippen LogP contribution in [0.1, 0.15) is 46.5 Å². The third-order valence-corrected chi connectivity index (χ3v) is 4.18. The summed E-state index contributed by atoms with van der Waals surface area (Å²) in [6.07, 6.45) is 1.93. The lowest BCUT2D eigenvalue weighted by Gasteiger charge is -2.33. The Morgan fingerprint density at radius 3 is 2.91 bits per heavy atom. The second-order valence-electron chi connectivity index (χ2n) is 5.89. The van der Waals surface area contributed by atoms with Crippen molar-refractivity contribution in [1.29, 1.82) is 5.26 Å². The summed E-state index contributed by atoms with van der Waals surface area (Å²) in [4.78, 5) is 18.9. The number of nitriles is 1. The minimum Gasteiger partial charge on any atom is -0.336 e. The highest BCUT2D eigenvalue weighted by Crippen LogP contribution is 2.23. The molecule has 0 spiro atoms. The number of benzene rings is 1. The number of hydrogen-bond donors (Lipinski definition) is 0. The average molecular weight is 309 g/mol. The molecule has 1 aliphatic rings. The van der Waals surface area contributed by atoms with Crippen LogP contribution in [-0.4, -0.2) is 38.7 Å². The molecule has 2 heterocycles. The molecule has 0 aliphatic carbocycles. The Bertz CT molecular complexity index is 774. The van der Waals surface area contributed by atoms with Crippen LogP contribution in [0.4, 0.5) is 0 Å². The molecule has 3 rings (SSSR count). The summed E-state index contributed by atoms with van der Waals surface area (Å²) in [5.41, 5.74) is 1.07. The quantitative estimate of drug-likeness (QED) is 0.852. The molecule has 1 aromatic heterocycles. The van der Waals surface area contributed by atoms with Gasteiger partial charge in [0.25, 0.3) is 5.91 Å². The fourth-order valence-electron chi connectivity index (χ4n) is 3.13. The van der Waals surface area contributed by atoms with Crippen molar-refractivity contribution in [2.45, 2.75) is 32.7 Å². The van der Waals surface area contributed by atoms with Gasteiger partial charge in [0.05, 0.1) is 17.7 Å². The van der Waals surface area contributed by atoms with Gasteiger partial charge in [-0.15, -0.1) is 0 Å². The van der Waals surface area contributed by atoms with Gasteiger partial charge < -0.3 is 4.90 Å². The van der Waals surface area contributed by atoms with Gasteiger partial charge in [0, 0.05) is 18.7 Å². The fraction of sp³-hybridized carbons (Fsp3) is 0.412. The Kier molecular flexibility index (Phi) is 4.11. The molecule has 23 heavy (non-hydrogen) atoms. The Balaban J connectivity index is 1.79. The summed E-state index contributed by atoms with van der Waals surface area (Å²) in [5, 5.41) is 13.4. The number of carbonyl (C=O) groups is 1. The summed E-state index contributed by atoms with van der Waals surface area (Å²) in [5.74, 6) is 1.61. The highest BCUT2D eigenvalue weighted by Gasteiger charge is 2.27. The van der Waals surface area contributed by atoms with E-state index in [0.717, 1.165) is 31.0 Å². The second-order valence-corrected chi connectivity index (χ2v) is 5.89. The number of aryl methyl sites for hydroxylation is 2. The van der Waals surface area contributed by atoms with Crippen LogP contribution in [0.3, 0.4) is 0 Å². The Labute approximate surface area is 135 Å². The normalized spacial score (nSPS) is 17.8. The van der Waals surface area contributed by atoms with Gasteiger partial charge in [-0.25, -0.2) is 9.67 Å². The minimum absolute atomic E-state index is 0.0266. The summed E-state index contributed by atoms with van der Waals surface area (Å²) in [7, 11) is 0. The molecule has 0 radical (unpaired) electrons. The standard InChI is InChI=1S/C17H19N5O/c1-12-19-13(2)22(20-12)16-7-4-8-21(11-16)17(23)15-6-3-5-14(9-15)10-18/h3,5-6,9,16H,4,7-8,11H2,1-2H3/t16-/m0/s1. The first-order valence-electron chi connectivity index (χ1n) is 7.77. The van der Waals surface area contributed by atoms with E-state index in [2.05, 4.69) is 16.2 Å². The smallest absolute Gasteiger partial charge is 0.253 e. The van der Waals surface area contributed by atoms with Crippen LogP contribution in [-0.2, 0) is 0 Å². The molecule has 2 aromatic rings. The van der Waals surface area contributed by atoms with Crippen LogP contribution < -0.4 is 0 Å². The molecule has 1 fully saturated rings. The Morgan fingerprint density at radius 1 is 1.39 bits per heavy atom. The number of carbonyl (C=O) groups excluding carboxylic acids is 1. The monoisotopic (exact) mass is 309 g/mol. The lowest BCUT2D eigenvalue weighted by molar-refractivity contribution is 0.0671. The number of piperidine rings is 1. The minimum atomic E-state index is -0.0266. The molecule has 0 saturated carbocycles. The number of aromatic nitrogens is 3. The predicted molar refractivity (Wildman–Crippen MR) is 84.8 cm³/mol. The lowest BCUT2D eigenvalue weighted by Crippen LogP contribution is -2.41. The van der Waals surface area contributed by atoms with Crippen LogP contribution in [0.5, 0.6) is 0 Å². The molecular weight excluding hydrogens is 290 g/mol. The van der Waals surface area contributed by atoms with Gasteiger partial charge in [-0.3, -0.25) is 4.79 Å². The fourth-order valence-corrected chi connectivity index (χ4v) is 3.13. The van der Waals surface area contributed by atoms with Crippen molar-refractivity contribution in [3.05, 3.63) is 47.0 Å². The summed E-state index contributed by atoms with van der Waals surface area (Å²) in [6, 6.07) is 9.10. The maximum atomic E-state index is 12.7. The predicted octanol–water partition coefficient (Wildman–Crippen LogP) is 2.24. The lowest BCUT2D eigenvalue weighted by atomic mass is 10.0. The SMILES string of the molecule is Cc1nc(C)n([C@H]2CCCN(C(=O)c3cccc(C#N)c3)C2)n1. The van der Waals surface area contributed by atoms with Gasteiger partial charge in [0.1, 0.15) is 11.6 Å². The van der Waals surface area contributed by atoms with Crippen molar-refractivity contribution in [3.63, 3.8) is 0 Å². The zero-order valence-corrected chi connectivity index (χ0v) is 13.4. The maximum Gasteiger partial charge on any atom is 0.253 e. The molecule has 0 bridgehead atoms. The van der Waals surface area contributed by atoms with E-state index in [0.29, 0.717) is 17.7 Å². The van der Waals surface area contributed by atoms with Gasteiger partial charge in [-0.2, -0.15) is 10.4 Å². The van der Waals surface area contributed by atoms with Crippen molar-refractivity contribution < 1.29 is 4.79 Å². The van der Waals surface area contributed by atoms with Crippen molar-refractivity contribution in [3.8, 4) is 6.07 Å². The third-order valence-electron chi connectivity index (χ3n) is 4.18. The summed E-state index contributed by atoms with van der Waals surface area (Å²) >= 11 is 0. The van der Waals surface area contributed by atoms with Crippen LogP contribution in [0.15, 0.2) is 24.3 Å². The van der Waals surface area contributed by atoms with Gasteiger partial charge in [-0.05, 0) is 44.9 Å². The molecule has 1 saturated heterocycles. The number of nitrogens with zero attached hydrogens (tertiary/aromatic N) is 5. The molecule has 1 aromatic carbocycles. The summed E-state index contributed by atoms with van der Waals surface area (Å²) < 4.78 is 1.93. The van der Waals surface area contributed by atoms with E-state index < -0.39 is 0 Å². The second kappa shape index (κ2) is 6.21. The van der Waals surface area contributed by atoms with Crippen LogP contribution >= 0.6 is 0 Å². The van der Waals surface area contributed by atoms with Crippen LogP contribution in [0, 0.1) is 25.2 Å². The topological polar surface area (TPSA) is 74.8 Å². The zero-order valence-electron chi connectivity index (χ0n) is 13.4. The van der Waals surface area contributed by atoms with Crippen molar-refractivity contribution in [1.82, 2.24) is 19.7 Å². The first-order valence-corrected chi connectivity index (χ1v) is 7.77. The first kappa shape index (κ1) is 15.2. The molecule has 118 valence electrons. The molecule has 6 nitrogen and oxygen atoms in total. The highest BCUT2D eigenvalue weighted by atomic mass is 16.2. The molecule has 0 unspecified atom stereocenters. The number of amides is 1. The Morgan fingerprint density at radius 2 is 2.22 bits per heavy atom. The van der Waals surface area contributed by atoms with Crippen molar-refractivity contribution in [2.24, 2.45) is 0 Å². The zero-order chi connectivity index (χ0) is 16.4. The van der Waals surface area contributed by atoms with Crippen LogP contribution in [0.25, 0.3) is 0 Å². The van der Waals surface area contributed by atoms with Crippen molar-refractivity contribution in [2.75, 3.05) is 13.1 Å². The molecule has 6 heteroatoms. The van der Waals surface area contributed by atoms with Crippen molar-refractivity contribution >= 4 is 5.91 Å².